The van der Waals surface area contributed by atoms with E-state index in [9.17, 15) is 22.0 Å². The molecule has 0 aliphatic carbocycles. The number of sulfone groups is 1. The van der Waals surface area contributed by atoms with Gasteiger partial charge in [0, 0.05) is 38.1 Å². The summed E-state index contributed by atoms with van der Waals surface area (Å²) in [6, 6.07) is 2.35. The summed E-state index contributed by atoms with van der Waals surface area (Å²) in [6.07, 6.45) is 4.19. The van der Waals surface area contributed by atoms with Crippen molar-refractivity contribution in [2.75, 3.05) is 36.1 Å². The summed E-state index contributed by atoms with van der Waals surface area (Å²) in [5.74, 6) is -1.69. The van der Waals surface area contributed by atoms with Crippen LogP contribution in [0.5, 0.6) is 0 Å². The van der Waals surface area contributed by atoms with Crippen molar-refractivity contribution in [1.29, 1.82) is 0 Å². The SMILES string of the molecule is CS(=O)(=O)c1cc(F)c(N[C@H]2CCN(C3CCN(c4ncc(Cl)cc4Cl)CC3)C2=O)c(F)c1. The Hall–Kier alpha value is -2.17. The van der Waals surface area contributed by atoms with Gasteiger partial charge in [0.15, 0.2) is 21.5 Å². The van der Waals surface area contributed by atoms with Crippen molar-refractivity contribution in [2.45, 2.75) is 36.2 Å². The lowest BCUT2D eigenvalue weighted by atomic mass is 10.0. The zero-order valence-corrected chi connectivity index (χ0v) is 20.0. The number of nitrogens with zero attached hydrogens (tertiary/aromatic N) is 3. The minimum atomic E-state index is -3.76. The summed E-state index contributed by atoms with van der Waals surface area (Å²) in [5.41, 5.74) is -0.499. The summed E-state index contributed by atoms with van der Waals surface area (Å²) < 4.78 is 52.0. The number of halogens is 4. The smallest absolute Gasteiger partial charge is 0.245 e. The molecule has 2 aromatic rings. The summed E-state index contributed by atoms with van der Waals surface area (Å²) in [5, 5.41) is 3.56. The van der Waals surface area contributed by atoms with Crippen molar-refractivity contribution in [3.63, 3.8) is 0 Å². The average molecular weight is 519 g/mol. The van der Waals surface area contributed by atoms with Crippen LogP contribution in [0.1, 0.15) is 19.3 Å². The molecule has 2 fully saturated rings. The molecule has 0 saturated carbocycles. The van der Waals surface area contributed by atoms with Crippen LogP contribution in [0.3, 0.4) is 0 Å². The van der Waals surface area contributed by atoms with Crippen molar-refractivity contribution in [3.05, 3.63) is 46.1 Å². The number of rotatable bonds is 5. The summed E-state index contributed by atoms with van der Waals surface area (Å²) in [6.45, 7) is 1.76. The van der Waals surface area contributed by atoms with E-state index in [-0.39, 0.29) is 11.9 Å². The highest BCUT2D eigenvalue weighted by Gasteiger charge is 2.38. The number of amides is 1. The number of nitrogens with one attached hydrogen (secondary N) is 1. The van der Waals surface area contributed by atoms with E-state index < -0.39 is 38.1 Å². The van der Waals surface area contributed by atoms with Crippen molar-refractivity contribution < 1.29 is 22.0 Å². The van der Waals surface area contributed by atoms with Crippen LogP contribution in [0, 0.1) is 11.6 Å². The molecule has 0 unspecified atom stereocenters. The molecule has 0 bridgehead atoms. The van der Waals surface area contributed by atoms with Crippen LogP contribution in [-0.2, 0) is 14.6 Å². The van der Waals surface area contributed by atoms with Crippen LogP contribution in [0.25, 0.3) is 0 Å². The van der Waals surface area contributed by atoms with Gasteiger partial charge in [-0.1, -0.05) is 23.2 Å². The molecule has 0 radical (unpaired) electrons. The lowest BCUT2D eigenvalue weighted by Gasteiger charge is -2.37. The molecular weight excluding hydrogens is 497 g/mol. The number of carbonyl (C=O) groups excluding carboxylic acids is 1. The molecule has 33 heavy (non-hydrogen) atoms. The molecule has 7 nitrogen and oxygen atoms in total. The predicted molar refractivity (Wildman–Crippen MR) is 123 cm³/mol. The highest BCUT2D eigenvalue weighted by molar-refractivity contribution is 7.90. The van der Waals surface area contributed by atoms with Gasteiger partial charge in [-0.2, -0.15) is 0 Å². The second-order valence-electron chi connectivity index (χ2n) is 8.23. The van der Waals surface area contributed by atoms with E-state index >= 15 is 0 Å². The zero-order chi connectivity index (χ0) is 23.9. The first-order valence-corrected chi connectivity index (χ1v) is 13.0. The first kappa shape index (κ1) is 24.0. The molecule has 1 amide bonds. The molecule has 4 rings (SSSR count). The Balaban J connectivity index is 1.40. The van der Waals surface area contributed by atoms with Crippen LogP contribution in [0.15, 0.2) is 29.3 Å². The number of anilines is 2. The number of benzene rings is 1. The van der Waals surface area contributed by atoms with E-state index in [1.165, 1.54) is 6.20 Å². The van der Waals surface area contributed by atoms with Gasteiger partial charge < -0.3 is 15.1 Å². The van der Waals surface area contributed by atoms with Crippen LogP contribution >= 0.6 is 23.2 Å². The van der Waals surface area contributed by atoms with Crippen molar-refractivity contribution in [1.82, 2.24) is 9.88 Å². The molecule has 1 aromatic heterocycles. The number of pyridine rings is 1. The number of hydrogen-bond acceptors (Lipinski definition) is 6. The van der Waals surface area contributed by atoms with Crippen molar-refractivity contribution in [2.24, 2.45) is 0 Å². The summed E-state index contributed by atoms with van der Waals surface area (Å²) >= 11 is 12.2. The Kier molecular flexibility index (Phi) is 6.70. The lowest BCUT2D eigenvalue weighted by molar-refractivity contribution is -0.130. The summed E-state index contributed by atoms with van der Waals surface area (Å²) in [7, 11) is -3.76. The maximum absolute atomic E-state index is 14.4. The van der Waals surface area contributed by atoms with E-state index in [1.54, 1.807) is 11.0 Å². The maximum Gasteiger partial charge on any atom is 0.245 e. The highest BCUT2D eigenvalue weighted by atomic mass is 35.5. The quantitative estimate of drug-likeness (QED) is 0.648. The number of piperidine rings is 1. The molecule has 1 atom stereocenters. The Morgan fingerprint density at radius 3 is 2.27 bits per heavy atom. The molecule has 178 valence electrons. The molecule has 2 aliphatic heterocycles. The largest absolute Gasteiger partial charge is 0.369 e. The number of aromatic nitrogens is 1. The number of hydrogen-bond donors (Lipinski definition) is 1. The maximum atomic E-state index is 14.4. The fourth-order valence-electron chi connectivity index (χ4n) is 4.30. The van der Waals surface area contributed by atoms with Gasteiger partial charge in [-0.15, -0.1) is 0 Å². The third-order valence-corrected chi connectivity index (χ3v) is 7.57. The Labute approximate surface area is 200 Å². The van der Waals surface area contributed by atoms with Crippen LogP contribution in [-0.4, -0.2) is 62.2 Å². The summed E-state index contributed by atoms with van der Waals surface area (Å²) in [4.78, 5) is 20.6. The molecule has 2 saturated heterocycles. The predicted octanol–water partition coefficient (Wildman–Crippen LogP) is 3.75. The van der Waals surface area contributed by atoms with Gasteiger partial charge in [0.1, 0.15) is 17.5 Å². The van der Waals surface area contributed by atoms with E-state index in [0.29, 0.717) is 54.8 Å². The number of likely N-dealkylation sites (tertiary alicyclic amines) is 1. The van der Waals surface area contributed by atoms with Gasteiger partial charge in [0.05, 0.1) is 14.9 Å². The highest BCUT2D eigenvalue weighted by Crippen LogP contribution is 2.31. The normalized spacial score (nSPS) is 19.9. The van der Waals surface area contributed by atoms with Gasteiger partial charge in [0.2, 0.25) is 5.91 Å². The van der Waals surface area contributed by atoms with Gasteiger partial charge in [-0.25, -0.2) is 22.2 Å². The fourth-order valence-corrected chi connectivity index (χ4v) is 5.44. The minimum Gasteiger partial charge on any atom is -0.369 e. The Morgan fingerprint density at radius 2 is 1.70 bits per heavy atom. The first-order valence-electron chi connectivity index (χ1n) is 10.4. The van der Waals surface area contributed by atoms with Gasteiger partial charge >= 0.3 is 0 Å². The molecule has 12 heteroatoms. The van der Waals surface area contributed by atoms with Crippen LogP contribution in [0.2, 0.25) is 10.0 Å². The van der Waals surface area contributed by atoms with E-state index in [0.717, 1.165) is 18.4 Å². The molecule has 3 heterocycles. The second kappa shape index (κ2) is 9.23. The van der Waals surface area contributed by atoms with Gasteiger partial charge in [0.25, 0.3) is 0 Å². The van der Waals surface area contributed by atoms with Crippen LogP contribution in [0.4, 0.5) is 20.3 Å². The monoisotopic (exact) mass is 518 g/mol. The standard InChI is InChI=1S/C21H22Cl2F2N4O3S/c1-33(31,32)14-9-16(24)19(17(25)10-14)27-18-4-7-29(21(18)30)13-2-5-28(6-3-13)20-15(23)8-12(22)11-26-20/h8-11,13,18,27H,2-7H2,1H3/t18-/m0/s1. The topological polar surface area (TPSA) is 82.6 Å². The minimum absolute atomic E-state index is 0.00562. The third kappa shape index (κ3) is 5.02. The Bertz CT molecular complexity index is 1170. The average Bonchev–Trinajstić information content (AvgIpc) is 3.10. The Morgan fingerprint density at radius 1 is 1.06 bits per heavy atom. The zero-order valence-electron chi connectivity index (χ0n) is 17.7. The van der Waals surface area contributed by atoms with Gasteiger partial charge in [-0.05, 0) is 37.5 Å². The first-order chi connectivity index (χ1) is 15.5. The molecule has 2 aliphatic rings. The van der Waals surface area contributed by atoms with Gasteiger partial charge in [-0.3, -0.25) is 4.79 Å². The van der Waals surface area contributed by atoms with E-state index in [2.05, 4.69) is 10.3 Å². The lowest BCUT2D eigenvalue weighted by Crippen LogP contribution is -2.47. The van der Waals surface area contributed by atoms with E-state index in [4.69, 9.17) is 23.2 Å². The second-order valence-corrected chi connectivity index (χ2v) is 11.1. The fraction of sp³-hybridized carbons (Fsp3) is 0.429. The van der Waals surface area contributed by atoms with Crippen molar-refractivity contribution >= 4 is 50.5 Å². The molecule has 1 aromatic carbocycles. The van der Waals surface area contributed by atoms with Crippen LogP contribution < -0.4 is 10.2 Å². The molecule has 0 spiro atoms. The third-order valence-electron chi connectivity index (χ3n) is 6.00. The van der Waals surface area contributed by atoms with E-state index in [1.807, 2.05) is 4.90 Å². The molecular formula is C21H22Cl2F2N4O3S. The van der Waals surface area contributed by atoms with Crippen molar-refractivity contribution in [3.8, 4) is 0 Å². The number of carbonyl (C=O) groups is 1. The molecule has 1 N–H and O–H groups in total.